The number of carbonyl (C=O) groups is 1. The number of hydrogen-bond donors (Lipinski definition) is 2. The molecule has 0 saturated heterocycles. The second kappa shape index (κ2) is 5.16. The zero-order valence-electron chi connectivity index (χ0n) is 11.1. The highest BCUT2D eigenvalue weighted by atomic mass is 16.5. The molecule has 5 heteroatoms. The summed E-state index contributed by atoms with van der Waals surface area (Å²) in [6.07, 6.45) is 0.0171. The molecule has 1 aromatic carbocycles. The molecule has 0 saturated carbocycles. The molecular weight excluding hydrogens is 234 g/mol. The summed E-state index contributed by atoms with van der Waals surface area (Å²) >= 11 is 0. The molecule has 18 heavy (non-hydrogen) atoms. The predicted octanol–water partition coefficient (Wildman–Crippen LogP) is 2.04. The first-order valence-corrected chi connectivity index (χ1v) is 5.55. The van der Waals surface area contributed by atoms with Gasteiger partial charge >= 0.3 is 5.97 Å². The minimum atomic E-state index is -0.852. The van der Waals surface area contributed by atoms with Gasteiger partial charge in [-0.15, -0.1) is 0 Å². The Labute approximate surface area is 107 Å². The van der Waals surface area contributed by atoms with Gasteiger partial charge in [-0.05, 0) is 17.7 Å². The highest BCUT2D eigenvalue weighted by Gasteiger charge is 2.26. The van der Waals surface area contributed by atoms with Gasteiger partial charge in [0.15, 0.2) is 0 Å². The minimum Gasteiger partial charge on any atom is -0.494 e. The lowest BCUT2D eigenvalue weighted by Gasteiger charge is -2.25. The zero-order chi connectivity index (χ0) is 13.9. The summed E-state index contributed by atoms with van der Waals surface area (Å²) in [6.45, 7) is 3.71. The molecule has 0 fully saturated rings. The van der Waals surface area contributed by atoms with E-state index in [1.165, 1.54) is 14.2 Å². The maximum atomic E-state index is 10.9. The number of ether oxygens (including phenoxy) is 2. The number of hydrogen-bond acceptors (Lipinski definition) is 4. The number of rotatable bonds is 5. The van der Waals surface area contributed by atoms with Crippen molar-refractivity contribution in [1.29, 1.82) is 0 Å². The quantitative estimate of drug-likeness (QED) is 0.785. The number of aliphatic carboxylic acids is 1. The average molecular weight is 253 g/mol. The monoisotopic (exact) mass is 253 g/mol. The number of anilines is 1. The molecule has 5 nitrogen and oxygen atoms in total. The topological polar surface area (TPSA) is 81.8 Å². The Morgan fingerprint density at radius 3 is 2.06 bits per heavy atom. The van der Waals surface area contributed by atoms with Gasteiger partial charge in [0.2, 0.25) is 0 Å². The van der Waals surface area contributed by atoms with Gasteiger partial charge in [-0.3, -0.25) is 4.79 Å². The fraction of sp³-hybridized carbons (Fsp3) is 0.462. The number of nitrogens with two attached hydrogens (primary N) is 1. The van der Waals surface area contributed by atoms with Gasteiger partial charge in [0, 0.05) is 5.41 Å². The summed E-state index contributed by atoms with van der Waals surface area (Å²) in [7, 11) is 3.03. The summed E-state index contributed by atoms with van der Waals surface area (Å²) in [6, 6.07) is 3.50. The van der Waals surface area contributed by atoms with Gasteiger partial charge in [0.25, 0.3) is 0 Å². The van der Waals surface area contributed by atoms with E-state index in [4.69, 9.17) is 20.3 Å². The maximum absolute atomic E-state index is 10.9. The van der Waals surface area contributed by atoms with Gasteiger partial charge in [0.05, 0.1) is 20.6 Å². The van der Waals surface area contributed by atoms with Gasteiger partial charge in [-0.25, -0.2) is 0 Å². The Hall–Kier alpha value is -1.91. The van der Waals surface area contributed by atoms with Crippen LogP contribution in [0.5, 0.6) is 11.5 Å². The largest absolute Gasteiger partial charge is 0.494 e. The van der Waals surface area contributed by atoms with E-state index < -0.39 is 11.4 Å². The minimum absolute atomic E-state index is 0.0171. The lowest BCUT2D eigenvalue weighted by Crippen LogP contribution is -2.22. The Kier molecular flexibility index (Phi) is 4.06. The second-order valence-electron chi connectivity index (χ2n) is 4.75. The van der Waals surface area contributed by atoms with Crippen molar-refractivity contribution in [2.75, 3.05) is 20.0 Å². The fourth-order valence-electron chi connectivity index (χ4n) is 1.81. The van der Waals surface area contributed by atoms with Crippen LogP contribution in [-0.4, -0.2) is 25.3 Å². The SMILES string of the molecule is COc1cc(C(C)(C)CC(=O)O)cc(OC)c1N. The first-order chi connectivity index (χ1) is 8.31. The van der Waals surface area contributed by atoms with Crippen LogP contribution in [0, 0.1) is 0 Å². The van der Waals surface area contributed by atoms with Gasteiger partial charge in [-0.2, -0.15) is 0 Å². The Bertz CT molecular complexity index is 429. The Morgan fingerprint density at radius 2 is 1.72 bits per heavy atom. The molecule has 0 aliphatic rings. The van der Waals surface area contributed by atoms with E-state index in [0.717, 1.165) is 5.56 Å². The van der Waals surface area contributed by atoms with E-state index in [1.807, 2.05) is 13.8 Å². The van der Waals surface area contributed by atoms with Crippen LogP contribution in [0.15, 0.2) is 12.1 Å². The summed E-state index contributed by atoms with van der Waals surface area (Å²) in [4.78, 5) is 10.9. The molecule has 0 radical (unpaired) electrons. The van der Waals surface area contributed by atoms with Crippen molar-refractivity contribution in [1.82, 2.24) is 0 Å². The lowest BCUT2D eigenvalue weighted by molar-refractivity contribution is -0.138. The number of methoxy groups -OCH3 is 2. The molecule has 0 atom stereocenters. The third-order valence-electron chi connectivity index (χ3n) is 2.92. The number of nitrogen functional groups attached to an aromatic ring is 1. The van der Waals surface area contributed by atoms with Crippen LogP contribution in [0.1, 0.15) is 25.8 Å². The van der Waals surface area contributed by atoms with Gasteiger partial charge < -0.3 is 20.3 Å². The summed E-state index contributed by atoms with van der Waals surface area (Å²) in [5.41, 5.74) is 6.55. The Balaban J connectivity index is 3.28. The molecule has 0 heterocycles. The first-order valence-electron chi connectivity index (χ1n) is 5.55. The fourth-order valence-corrected chi connectivity index (χ4v) is 1.81. The van der Waals surface area contributed by atoms with Crippen molar-refractivity contribution < 1.29 is 19.4 Å². The van der Waals surface area contributed by atoms with Crippen molar-refractivity contribution in [2.45, 2.75) is 25.7 Å². The van der Waals surface area contributed by atoms with E-state index >= 15 is 0 Å². The molecule has 0 bridgehead atoms. The Morgan fingerprint density at radius 1 is 1.28 bits per heavy atom. The summed E-state index contributed by atoms with van der Waals surface area (Å²) in [5, 5.41) is 8.93. The third kappa shape index (κ3) is 2.85. The molecule has 0 aliphatic heterocycles. The van der Waals surface area contributed by atoms with Crippen molar-refractivity contribution in [3.8, 4) is 11.5 Å². The number of benzene rings is 1. The van der Waals surface area contributed by atoms with E-state index in [2.05, 4.69) is 0 Å². The molecule has 0 unspecified atom stereocenters. The maximum Gasteiger partial charge on any atom is 0.304 e. The van der Waals surface area contributed by atoms with E-state index in [1.54, 1.807) is 12.1 Å². The van der Waals surface area contributed by atoms with E-state index in [9.17, 15) is 4.79 Å². The number of carboxylic acid groups (broad SMARTS) is 1. The average Bonchev–Trinajstić information content (AvgIpc) is 2.27. The first kappa shape index (κ1) is 14.2. The zero-order valence-corrected chi connectivity index (χ0v) is 11.1. The molecule has 1 rings (SSSR count). The second-order valence-corrected chi connectivity index (χ2v) is 4.75. The predicted molar refractivity (Wildman–Crippen MR) is 69.2 cm³/mol. The van der Waals surface area contributed by atoms with E-state index in [-0.39, 0.29) is 6.42 Å². The standard InChI is InChI=1S/C13H19NO4/c1-13(2,7-11(15)16)8-5-9(17-3)12(14)10(6-8)18-4/h5-6H,7,14H2,1-4H3,(H,15,16). The third-order valence-corrected chi connectivity index (χ3v) is 2.92. The van der Waals surface area contributed by atoms with Gasteiger partial charge in [0.1, 0.15) is 17.2 Å². The van der Waals surface area contributed by atoms with Crippen LogP contribution in [0.25, 0.3) is 0 Å². The molecule has 0 spiro atoms. The molecule has 0 amide bonds. The smallest absolute Gasteiger partial charge is 0.304 e. The molecule has 0 aromatic heterocycles. The van der Waals surface area contributed by atoms with Crippen molar-refractivity contribution in [3.05, 3.63) is 17.7 Å². The van der Waals surface area contributed by atoms with Crippen molar-refractivity contribution in [3.63, 3.8) is 0 Å². The molecular formula is C13H19NO4. The molecule has 1 aromatic rings. The number of carboxylic acids is 1. The van der Waals surface area contributed by atoms with E-state index in [0.29, 0.717) is 17.2 Å². The highest BCUT2D eigenvalue weighted by Crippen LogP contribution is 2.38. The van der Waals surface area contributed by atoms with Crippen LogP contribution in [0.3, 0.4) is 0 Å². The van der Waals surface area contributed by atoms with Crippen molar-refractivity contribution >= 4 is 11.7 Å². The van der Waals surface area contributed by atoms with Crippen LogP contribution in [0.2, 0.25) is 0 Å². The van der Waals surface area contributed by atoms with Crippen LogP contribution in [-0.2, 0) is 10.2 Å². The summed E-state index contributed by atoms with van der Waals surface area (Å²) < 4.78 is 10.4. The van der Waals surface area contributed by atoms with Crippen LogP contribution < -0.4 is 15.2 Å². The van der Waals surface area contributed by atoms with Crippen LogP contribution >= 0.6 is 0 Å². The molecule has 0 aliphatic carbocycles. The normalized spacial score (nSPS) is 11.1. The summed E-state index contributed by atoms with van der Waals surface area (Å²) in [5.74, 6) is 0.125. The van der Waals surface area contributed by atoms with Crippen molar-refractivity contribution in [2.24, 2.45) is 0 Å². The van der Waals surface area contributed by atoms with Crippen LogP contribution in [0.4, 0.5) is 5.69 Å². The molecule has 100 valence electrons. The highest BCUT2D eigenvalue weighted by molar-refractivity contribution is 5.70. The van der Waals surface area contributed by atoms with Gasteiger partial charge in [-0.1, -0.05) is 13.8 Å². The molecule has 3 N–H and O–H groups in total. The lowest BCUT2D eigenvalue weighted by atomic mass is 9.81.